The third-order valence-corrected chi connectivity index (χ3v) is 8.61. The normalized spacial score (nSPS) is 32.8. The van der Waals surface area contributed by atoms with Gasteiger partial charge in [0.2, 0.25) is 0 Å². The summed E-state index contributed by atoms with van der Waals surface area (Å²) < 4.78 is 28.9. The lowest BCUT2D eigenvalue weighted by atomic mass is 9.72. The van der Waals surface area contributed by atoms with Crippen LogP contribution >= 0.6 is 0 Å². The lowest BCUT2D eigenvalue weighted by Crippen LogP contribution is -2.58. The molecule has 3 rings (SSSR count). The number of ether oxygens (including phenoxy) is 5. The minimum atomic E-state index is -2.01. The van der Waals surface area contributed by atoms with Gasteiger partial charge in [-0.1, -0.05) is 64.6 Å². The minimum absolute atomic E-state index is 0.108. The molecule has 1 N–H and O–H groups in total. The van der Waals surface area contributed by atoms with Crippen molar-refractivity contribution in [3.05, 3.63) is 60.2 Å². The van der Waals surface area contributed by atoms with E-state index in [9.17, 15) is 33.9 Å². The Bertz CT molecular complexity index is 1430. The summed E-state index contributed by atoms with van der Waals surface area (Å²) in [5.41, 5.74) is -3.39. The first-order valence-corrected chi connectivity index (χ1v) is 15.4. The summed E-state index contributed by atoms with van der Waals surface area (Å²) in [6.07, 6.45) is -4.64. The van der Waals surface area contributed by atoms with E-state index in [-0.39, 0.29) is 17.6 Å². The van der Waals surface area contributed by atoms with Gasteiger partial charge in [0.25, 0.3) is 0 Å². The van der Waals surface area contributed by atoms with Crippen molar-refractivity contribution in [2.75, 3.05) is 0 Å². The maximum atomic E-state index is 14.4. The van der Waals surface area contributed by atoms with Crippen molar-refractivity contribution in [2.24, 2.45) is 23.2 Å². The molecule has 1 aromatic rings. The first-order valence-electron chi connectivity index (χ1n) is 15.4. The molecule has 0 saturated heterocycles. The van der Waals surface area contributed by atoms with E-state index in [4.69, 9.17) is 23.7 Å². The second kappa shape index (κ2) is 14.6. The van der Waals surface area contributed by atoms with E-state index >= 15 is 0 Å². The van der Waals surface area contributed by atoms with Crippen LogP contribution in [0.3, 0.4) is 0 Å². The Kier molecular flexibility index (Phi) is 11.6. The van der Waals surface area contributed by atoms with Crippen LogP contribution < -0.4 is 0 Å². The van der Waals surface area contributed by atoms with Gasteiger partial charge in [-0.2, -0.15) is 0 Å². The van der Waals surface area contributed by atoms with Gasteiger partial charge in [0.05, 0.1) is 17.6 Å². The zero-order valence-electron chi connectivity index (χ0n) is 28.0. The summed E-state index contributed by atoms with van der Waals surface area (Å²) in [5.74, 6) is -7.56. The molecule has 1 aromatic carbocycles. The molecule has 0 amide bonds. The van der Waals surface area contributed by atoms with Crippen molar-refractivity contribution in [1.82, 2.24) is 0 Å². The van der Waals surface area contributed by atoms with Crippen LogP contribution in [-0.4, -0.2) is 76.9 Å². The Morgan fingerprint density at radius 1 is 0.830 bits per heavy atom. The molecule has 1 saturated carbocycles. The summed E-state index contributed by atoms with van der Waals surface area (Å²) in [6, 6.07) is 7.85. The summed E-state index contributed by atoms with van der Waals surface area (Å²) in [6.45, 7) is 15.2. The Labute approximate surface area is 274 Å². The number of rotatable bonds is 6. The number of hydrogen-bond acceptors (Lipinski definition) is 12. The van der Waals surface area contributed by atoms with Crippen LogP contribution in [0.15, 0.2) is 54.6 Å². The highest BCUT2D eigenvalue weighted by Crippen LogP contribution is 2.50. The monoisotopic (exact) mass is 656 g/mol. The van der Waals surface area contributed by atoms with Crippen molar-refractivity contribution >= 4 is 35.6 Å². The van der Waals surface area contributed by atoms with Gasteiger partial charge in [-0.05, 0) is 23.6 Å². The predicted octanol–water partition coefficient (Wildman–Crippen LogP) is 3.68. The average Bonchev–Trinajstić information content (AvgIpc) is 3.24. The molecule has 12 heteroatoms. The molecular formula is C35H44O12. The van der Waals surface area contributed by atoms with Gasteiger partial charge < -0.3 is 28.8 Å². The van der Waals surface area contributed by atoms with Crippen LogP contribution in [0.4, 0.5) is 0 Å². The Morgan fingerprint density at radius 3 is 1.91 bits per heavy atom. The predicted molar refractivity (Wildman–Crippen MR) is 166 cm³/mol. The van der Waals surface area contributed by atoms with Crippen molar-refractivity contribution < 1.29 is 57.6 Å². The molecule has 0 radical (unpaired) electrons. The fourth-order valence-electron chi connectivity index (χ4n) is 6.61. The van der Waals surface area contributed by atoms with E-state index in [2.05, 4.69) is 6.58 Å². The number of hydrogen-bond donors (Lipinski definition) is 1. The first-order chi connectivity index (χ1) is 21.8. The van der Waals surface area contributed by atoms with E-state index < -0.39 is 94.9 Å². The van der Waals surface area contributed by atoms with Crippen LogP contribution in [-0.2, 0) is 47.7 Å². The molecule has 0 heterocycles. The van der Waals surface area contributed by atoms with Gasteiger partial charge in [0.1, 0.15) is 6.10 Å². The topological polar surface area (TPSA) is 169 Å². The maximum absolute atomic E-state index is 14.4. The molecule has 0 spiro atoms. The maximum Gasteiger partial charge on any atom is 0.338 e. The van der Waals surface area contributed by atoms with Gasteiger partial charge in [0, 0.05) is 45.4 Å². The van der Waals surface area contributed by atoms with Gasteiger partial charge >= 0.3 is 29.8 Å². The van der Waals surface area contributed by atoms with Crippen LogP contribution in [0, 0.1) is 23.2 Å². The number of benzene rings is 1. The number of carbonyl (C=O) groups is 6. The van der Waals surface area contributed by atoms with Gasteiger partial charge in [-0.25, -0.2) is 4.79 Å². The summed E-state index contributed by atoms with van der Waals surface area (Å²) in [7, 11) is 0. The highest BCUT2D eigenvalue weighted by atomic mass is 16.6. The fraction of sp³-hybridized carbons (Fsp3) is 0.543. The number of allylic oxidation sites excluding steroid dienone is 1. The highest BCUT2D eigenvalue weighted by Gasteiger charge is 2.64. The number of aliphatic hydroxyl groups excluding tert-OH is 1. The van der Waals surface area contributed by atoms with Crippen LogP contribution in [0.25, 0.3) is 0 Å². The molecule has 2 aliphatic carbocycles. The lowest BCUT2D eigenvalue weighted by Gasteiger charge is -2.44. The number of aliphatic hydroxyl groups is 1. The number of esters is 5. The minimum Gasteiger partial charge on any atom is -0.462 e. The second-order valence-corrected chi connectivity index (χ2v) is 12.9. The smallest absolute Gasteiger partial charge is 0.338 e. The van der Waals surface area contributed by atoms with E-state index in [1.54, 1.807) is 52.0 Å². The SMILES string of the molecule is C=C1[C@H](O)[C@H]2[C@@H](OC(C)=O)[C@@H](C)C[C@]2(OC(C)=O)C(=O)[C@H](C)/C=C/C(C)(C)[C@H](OC(C)=O)[C@H](OC(C)=O)[C@H]1OC(=O)c1ccccc1. The molecule has 0 unspecified atom stereocenters. The molecule has 9 atom stereocenters. The summed E-state index contributed by atoms with van der Waals surface area (Å²) in [5, 5.41) is 12.2. The molecule has 0 aliphatic heterocycles. The van der Waals surface area contributed by atoms with E-state index in [0.29, 0.717) is 0 Å². The van der Waals surface area contributed by atoms with Crippen LogP contribution in [0.5, 0.6) is 0 Å². The largest absolute Gasteiger partial charge is 0.462 e. The Balaban J connectivity index is 2.40. The number of fused-ring (bicyclic) bond motifs is 1. The highest BCUT2D eigenvalue weighted by molar-refractivity contribution is 5.93. The molecule has 12 nitrogen and oxygen atoms in total. The fourth-order valence-corrected chi connectivity index (χ4v) is 6.61. The molecule has 0 bridgehead atoms. The van der Waals surface area contributed by atoms with Gasteiger partial charge in [-0.15, -0.1) is 0 Å². The zero-order chi connectivity index (χ0) is 35.4. The van der Waals surface area contributed by atoms with E-state index in [1.165, 1.54) is 18.2 Å². The van der Waals surface area contributed by atoms with Crippen molar-refractivity contribution in [2.45, 2.75) is 97.9 Å². The first kappa shape index (κ1) is 37.1. The van der Waals surface area contributed by atoms with Crippen molar-refractivity contribution in [3.8, 4) is 0 Å². The van der Waals surface area contributed by atoms with Crippen molar-refractivity contribution in [1.29, 1.82) is 0 Å². The Hall–Kier alpha value is -4.32. The van der Waals surface area contributed by atoms with Gasteiger partial charge in [-0.3, -0.25) is 24.0 Å². The molecule has 1 fully saturated rings. The second-order valence-electron chi connectivity index (χ2n) is 12.9. The third-order valence-electron chi connectivity index (χ3n) is 8.61. The van der Waals surface area contributed by atoms with Crippen molar-refractivity contribution in [3.63, 3.8) is 0 Å². The summed E-state index contributed by atoms with van der Waals surface area (Å²) >= 11 is 0. The third kappa shape index (κ3) is 8.16. The Morgan fingerprint density at radius 2 is 1.38 bits per heavy atom. The number of ketones is 1. The molecule has 47 heavy (non-hydrogen) atoms. The quantitative estimate of drug-likeness (QED) is 0.268. The molecular weight excluding hydrogens is 612 g/mol. The zero-order valence-corrected chi connectivity index (χ0v) is 28.0. The van der Waals surface area contributed by atoms with E-state index in [0.717, 1.165) is 27.7 Å². The molecule has 0 aromatic heterocycles. The number of Topliss-reactive ketones (excluding diaryl/α,β-unsaturated/α-hetero) is 1. The molecule has 2 aliphatic rings. The average molecular weight is 657 g/mol. The summed E-state index contributed by atoms with van der Waals surface area (Å²) in [4.78, 5) is 78.0. The van der Waals surface area contributed by atoms with Crippen LogP contribution in [0.2, 0.25) is 0 Å². The van der Waals surface area contributed by atoms with Crippen LogP contribution in [0.1, 0.15) is 72.2 Å². The lowest BCUT2D eigenvalue weighted by molar-refractivity contribution is -0.186. The van der Waals surface area contributed by atoms with E-state index in [1.807, 2.05) is 0 Å². The van der Waals surface area contributed by atoms with Gasteiger partial charge in [0.15, 0.2) is 29.7 Å². The molecule has 256 valence electrons. The standard InChI is InChI=1S/C35H44O12/c1-18-15-16-34(8,9)32(45-23(6)38)30(44-22(5)37)29(46-33(42)25-13-11-10-12-14-25)20(3)27(40)26-28(43-21(4)36)19(2)17-35(26,31(18)41)47-24(7)39/h10-16,18-19,26-30,32,40H,3,17H2,1-2,4-9H3/b16-15+/t18-,19+,26+,27+,28+,29+,30-,32-,35-/m1/s1. The number of carbonyl (C=O) groups excluding carboxylic acids is 6.